The fourth-order valence-electron chi connectivity index (χ4n) is 1.47. The van der Waals surface area contributed by atoms with Crippen LogP contribution in [0.4, 0.5) is 0 Å². The van der Waals surface area contributed by atoms with E-state index in [1.54, 1.807) is 24.1 Å². The van der Waals surface area contributed by atoms with Crippen molar-refractivity contribution in [2.45, 2.75) is 6.92 Å². The summed E-state index contributed by atoms with van der Waals surface area (Å²) in [5, 5.41) is 8.54. The Morgan fingerprint density at radius 1 is 1.47 bits per heavy atom. The number of hydrogen-bond acceptors (Lipinski definition) is 4. The Bertz CT molecular complexity index is 467. The molecule has 19 heavy (non-hydrogen) atoms. The van der Waals surface area contributed by atoms with Gasteiger partial charge in [-0.25, -0.2) is 4.79 Å². The van der Waals surface area contributed by atoms with Crippen LogP contribution >= 0.6 is 11.3 Å². The number of carbonyl (C=O) groups is 2. The number of thiophene rings is 1. The summed E-state index contributed by atoms with van der Waals surface area (Å²) in [7, 11) is 1.60. The molecule has 0 saturated heterocycles. The summed E-state index contributed by atoms with van der Waals surface area (Å²) in [5.74, 6) is -1.06. The van der Waals surface area contributed by atoms with E-state index < -0.39 is 5.97 Å². The van der Waals surface area contributed by atoms with Gasteiger partial charge >= 0.3 is 5.97 Å². The molecule has 0 aliphatic carbocycles. The van der Waals surface area contributed by atoms with E-state index in [0.717, 1.165) is 11.0 Å². The van der Waals surface area contributed by atoms with Gasteiger partial charge in [0.25, 0.3) is 5.91 Å². The van der Waals surface area contributed by atoms with Gasteiger partial charge < -0.3 is 14.7 Å². The number of likely N-dealkylation sites (N-methyl/N-ethyl adjacent to an activating group) is 1. The number of amides is 1. The van der Waals surface area contributed by atoms with E-state index in [9.17, 15) is 9.59 Å². The molecule has 6 heteroatoms. The first-order valence-corrected chi connectivity index (χ1v) is 6.69. The van der Waals surface area contributed by atoms with Crippen LogP contribution < -0.4 is 0 Å². The van der Waals surface area contributed by atoms with Crippen LogP contribution in [0.15, 0.2) is 18.2 Å². The average molecular weight is 283 g/mol. The summed E-state index contributed by atoms with van der Waals surface area (Å²) in [5.41, 5.74) is 0. The van der Waals surface area contributed by atoms with Crippen molar-refractivity contribution in [1.82, 2.24) is 4.90 Å². The molecular weight excluding hydrogens is 266 g/mol. The van der Waals surface area contributed by atoms with E-state index in [0.29, 0.717) is 24.6 Å². The van der Waals surface area contributed by atoms with Gasteiger partial charge in [-0.2, -0.15) is 0 Å². The van der Waals surface area contributed by atoms with Crippen molar-refractivity contribution < 1.29 is 19.4 Å². The summed E-state index contributed by atoms with van der Waals surface area (Å²) < 4.78 is 4.96. The second-order valence-electron chi connectivity index (χ2n) is 3.75. The minimum Gasteiger partial charge on any atom is -0.478 e. The highest BCUT2D eigenvalue weighted by Gasteiger charge is 2.15. The zero-order valence-electron chi connectivity index (χ0n) is 11.0. The maximum Gasteiger partial charge on any atom is 0.328 e. The van der Waals surface area contributed by atoms with Crippen molar-refractivity contribution in [3.63, 3.8) is 0 Å². The average Bonchev–Trinajstić information content (AvgIpc) is 2.85. The third-order valence-electron chi connectivity index (χ3n) is 2.46. The Labute approximate surface area is 116 Å². The first-order valence-electron chi connectivity index (χ1n) is 5.87. The Morgan fingerprint density at radius 3 is 2.79 bits per heavy atom. The van der Waals surface area contributed by atoms with Crippen LogP contribution in [0.3, 0.4) is 0 Å². The molecule has 0 spiro atoms. The molecule has 0 aromatic carbocycles. The highest BCUT2D eigenvalue weighted by atomic mass is 32.1. The van der Waals surface area contributed by atoms with E-state index in [4.69, 9.17) is 9.84 Å². The van der Waals surface area contributed by atoms with Gasteiger partial charge in [-0.05, 0) is 25.1 Å². The molecule has 1 heterocycles. The number of carboxylic acid groups (broad SMARTS) is 1. The number of carboxylic acids is 1. The maximum atomic E-state index is 12.2. The molecule has 1 aromatic rings. The largest absolute Gasteiger partial charge is 0.478 e. The smallest absolute Gasteiger partial charge is 0.328 e. The van der Waals surface area contributed by atoms with E-state index in [-0.39, 0.29) is 5.91 Å². The fourth-order valence-corrected chi connectivity index (χ4v) is 2.35. The molecule has 0 atom stereocenters. The third-order valence-corrected chi connectivity index (χ3v) is 3.50. The van der Waals surface area contributed by atoms with Crippen LogP contribution in [0, 0.1) is 0 Å². The van der Waals surface area contributed by atoms with Crippen molar-refractivity contribution >= 4 is 29.3 Å². The predicted octanol–water partition coefficient (Wildman–Crippen LogP) is 1.95. The molecule has 0 aliphatic heterocycles. The van der Waals surface area contributed by atoms with Crippen LogP contribution in [0.5, 0.6) is 0 Å². The Hall–Kier alpha value is -1.66. The second-order valence-corrected chi connectivity index (χ2v) is 4.87. The van der Waals surface area contributed by atoms with Gasteiger partial charge in [0, 0.05) is 31.2 Å². The molecule has 1 aromatic heterocycles. The Balaban J connectivity index is 2.73. The second kappa shape index (κ2) is 7.70. The third kappa shape index (κ3) is 4.84. The molecule has 0 saturated carbocycles. The number of aliphatic carboxylic acids is 1. The first kappa shape index (κ1) is 15.4. The fraction of sp³-hybridized carbons (Fsp3) is 0.385. The maximum absolute atomic E-state index is 12.2. The van der Waals surface area contributed by atoms with Gasteiger partial charge in [-0.3, -0.25) is 4.79 Å². The summed E-state index contributed by atoms with van der Waals surface area (Å²) in [6, 6.07) is 3.45. The summed E-state index contributed by atoms with van der Waals surface area (Å²) in [4.78, 5) is 25.6. The normalized spacial score (nSPS) is 10.8. The van der Waals surface area contributed by atoms with Crippen LogP contribution in [0.1, 0.15) is 21.5 Å². The molecule has 5 nitrogen and oxygen atoms in total. The molecule has 0 fully saturated rings. The molecular formula is C13H17NO4S. The highest BCUT2D eigenvalue weighted by Crippen LogP contribution is 2.19. The van der Waals surface area contributed by atoms with Gasteiger partial charge in [-0.15, -0.1) is 11.3 Å². The first-order chi connectivity index (χ1) is 9.08. The lowest BCUT2D eigenvalue weighted by Crippen LogP contribution is -2.33. The van der Waals surface area contributed by atoms with E-state index in [1.165, 1.54) is 17.4 Å². The molecule has 0 unspecified atom stereocenters. The van der Waals surface area contributed by atoms with Crippen molar-refractivity contribution in [2.75, 3.05) is 26.8 Å². The Morgan fingerprint density at radius 2 is 2.21 bits per heavy atom. The van der Waals surface area contributed by atoms with Crippen LogP contribution in [-0.2, 0) is 9.53 Å². The number of nitrogens with zero attached hydrogens (tertiary/aromatic N) is 1. The highest BCUT2D eigenvalue weighted by molar-refractivity contribution is 7.14. The van der Waals surface area contributed by atoms with Gasteiger partial charge in [0.2, 0.25) is 0 Å². The van der Waals surface area contributed by atoms with E-state index >= 15 is 0 Å². The lowest BCUT2D eigenvalue weighted by Gasteiger charge is -2.19. The monoisotopic (exact) mass is 283 g/mol. The molecule has 1 amide bonds. The molecule has 0 bridgehead atoms. The lowest BCUT2D eigenvalue weighted by molar-refractivity contribution is -0.131. The summed E-state index contributed by atoms with van der Waals surface area (Å²) in [6.45, 7) is 3.56. The number of carbonyl (C=O) groups excluding carboxylic acids is 1. The van der Waals surface area contributed by atoms with Crippen molar-refractivity contribution in [2.24, 2.45) is 0 Å². The minimum absolute atomic E-state index is 0.0560. The van der Waals surface area contributed by atoms with Crippen LogP contribution in [0.25, 0.3) is 6.08 Å². The minimum atomic E-state index is -1.00. The predicted molar refractivity (Wildman–Crippen MR) is 74.4 cm³/mol. The van der Waals surface area contributed by atoms with Crippen LogP contribution in [0.2, 0.25) is 0 Å². The summed E-state index contributed by atoms with van der Waals surface area (Å²) >= 11 is 1.28. The van der Waals surface area contributed by atoms with Crippen molar-refractivity contribution in [3.8, 4) is 0 Å². The van der Waals surface area contributed by atoms with Crippen LogP contribution in [-0.4, -0.2) is 48.7 Å². The van der Waals surface area contributed by atoms with E-state index in [1.807, 2.05) is 6.92 Å². The summed E-state index contributed by atoms with van der Waals surface area (Å²) in [6.07, 6.45) is 2.54. The quantitative estimate of drug-likeness (QED) is 0.777. The molecule has 1 N–H and O–H groups in total. The topological polar surface area (TPSA) is 66.8 Å². The molecule has 1 rings (SSSR count). The van der Waals surface area contributed by atoms with Crippen molar-refractivity contribution in [1.29, 1.82) is 0 Å². The molecule has 0 radical (unpaired) electrons. The molecule has 0 aliphatic rings. The van der Waals surface area contributed by atoms with Gasteiger partial charge in [0.15, 0.2) is 0 Å². The Kier molecular flexibility index (Phi) is 6.24. The van der Waals surface area contributed by atoms with E-state index in [2.05, 4.69) is 0 Å². The van der Waals surface area contributed by atoms with Gasteiger partial charge in [-0.1, -0.05) is 0 Å². The number of ether oxygens (including phenoxy) is 1. The zero-order chi connectivity index (χ0) is 14.3. The number of hydrogen-bond donors (Lipinski definition) is 1. The number of methoxy groups -OCH3 is 1. The number of rotatable bonds is 7. The SMILES string of the molecule is CCN(CCOC)C(=O)c1ccc(C=CC(=O)O)s1. The standard InChI is InChI=1S/C13H17NO4S/c1-3-14(8-9-18-2)13(17)11-6-4-10(19-11)5-7-12(15)16/h4-7H,3,8-9H2,1-2H3,(H,15,16). The molecule has 104 valence electrons. The zero-order valence-corrected chi connectivity index (χ0v) is 11.8. The van der Waals surface area contributed by atoms with Crippen molar-refractivity contribution in [3.05, 3.63) is 28.0 Å². The van der Waals surface area contributed by atoms with Gasteiger partial charge in [0.05, 0.1) is 11.5 Å². The lowest BCUT2D eigenvalue weighted by atomic mass is 10.3. The van der Waals surface area contributed by atoms with Gasteiger partial charge in [0.1, 0.15) is 0 Å².